The number of hydrogen-bond acceptors (Lipinski definition) is 4. The van der Waals surface area contributed by atoms with Crippen molar-refractivity contribution in [3.05, 3.63) is 29.0 Å². The van der Waals surface area contributed by atoms with Gasteiger partial charge in [-0.1, -0.05) is 31.5 Å². The third-order valence-corrected chi connectivity index (χ3v) is 2.66. The molecule has 0 amide bonds. The van der Waals surface area contributed by atoms with Gasteiger partial charge in [-0.05, 0) is 12.1 Å². The van der Waals surface area contributed by atoms with Crippen LogP contribution in [0, 0.1) is 0 Å². The summed E-state index contributed by atoms with van der Waals surface area (Å²) in [6.07, 6.45) is 0. The third-order valence-electron chi connectivity index (χ3n) is 2.34. The lowest BCUT2D eigenvalue weighted by atomic mass is 10.1. The summed E-state index contributed by atoms with van der Waals surface area (Å²) >= 11 is 6.10. The van der Waals surface area contributed by atoms with Crippen molar-refractivity contribution >= 4 is 28.3 Å². The number of nitrogens with zero attached hydrogens (tertiary/aromatic N) is 2. The molecule has 0 unspecified atom stereocenters. The monoisotopic (exact) mass is 236 g/mol. The molecule has 0 bridgehead atoms. The lowest BCUT2D eigenvalue weighted by Crippen LogP contribution is -2.11. The second-order valence-electron chi connectivity index (χ2n) is 3.86. The van der Waals surface area contributed by atoms with E-state index in [9.17, 15) is 0 Å². The Morgan fingerprint density at radius 3 is 2.69 bits per heavy atom. The van der Waals surface area contributed by atoms with E-state index in [1.54, 1.807) is 6.07 Å². The van der Waals surface area contributed by atoms with E-state index < -0.39 is 0 Å². The summed E-state index contributed by atoms with van der Waals surface area (Å²) in [5.74, 6) is 7.02. The van der Waals surface area contributed by atoms with E-state index in [4.69, 9.17) is 17.4 Å². The summed E-state index contributed by atoms with van der Waals surface area (Å²) in [4.78, 5) is 8.80. The van der Waals surface area contributed by atoms with Crippen LogP contribution in [-0.4, -0.2) is 9.97 Å². The molecule has 0 saturated heterocycles. The maximum absolute atomic E-state index is 6.10. The second kappa shape index (κ2) is 4.23. The van der Waals surface area contributed by atoms with Crippen molar-refractivity contribution in [2.24, 2.45) is 5.84 Å². The SMILES string of the molecule is CC(C)c1nc(NN)c2c(Cl)cccc2n1. The first-order chi connectivity index (χ1) is 7.63. The quantitative estimate of drug-likeness (QED) is 0.622. The Kier molecular flexibility index (Phi) is 2.94. The van der Waals surface area contributed by atoms with Crippen LogP contribution in [0.3, 0.4) is 0 Å². The van der Waals surface area contributed by atoms with Crippen molar-refractivity contribution in [2.45, 2.75) is 19.8 Å². The van der Waals surface area contributed by atoms with E-state index in [0.29, 0.717) is 10.8 Å². The summed E-state index contributed by atoms with van der Waals surface area (Å²) < 4.78 is 0. The number of nitrogens with two attached hydrogens (primary N) is 1. The minimum absolute atomic E-state index is 0.246. The lowest BCUT2D eigenvalue weighted by Gasteiger charge is -2.10. The Labute approximate surface area is 98.8 Å². The standard InChI is InChI=1S/C11H13ClN4/c1-6(2)10-14-8-5-3-4-7(12)9(8)11(15-10)16-13/h3-6H,13H2,1-2H3,(H,14,15,16). The fourth-order valence-electron chi connectivity index (χ4n) is 1.52. The smallest absolute Gasteiger partial charge is 0.153 e. The first-order valence-electron chi connectivity index (χ1n) is 5.06. The summed E-state index contributed by atoms with van der Waals surface area (Å²) in [6, 6.07) is 5.56. The molecule has 2 rings (SSSR count). The number of anilines is 1. The first kappa shape index (κ1) is 11.1. The van der Waals surface area contributed by atoms with Crippen molar-refractivity contribution in [1.29, 1.82) is 0 Å². The first-order valence-corrected chi connectivity index (χ1v) is 5.44. The zero-order chi connectivity index (χ0) is 11.7. The third kappa shape index (κ3) is 1.81. The van der Waals surface area contributed by atoms with Crippen LogP contribution in [-0.2, 0) is 0 Å². The van der Waals surface area contributed by atoms with Crippen LogP contribution in [0.4, 0.5) is 5.82 Å². The average molecular weight is 237 g/mol. The molecule has 1 heterocycles. The van der Waals surface area contributed by atoms with E-state index in [1.165, 1.54) is 0 Å². The highest BCUT2D eigenvalue weighted by atomic mass is 35.5. The second-order valence-corrected chi connectivity index (χ2v) is 4.27. The molecule has 1 aromatic heterocycles. The summed E-state index contributed by atoms with van der Waals surface area (Å²) in [6.45, 7) is 4.07. The van der Waals surface area contributed by atoms with Crippen LogP contribution in [0.2, 0.25) is 5.02 Å². The van der Waals surface area contributed by atoms with Gasteiger partial charge in [0.25, 0.3) is 0 Å². The molecule has 0 aliphatic carbocycles. The molecule has 0 saturated carbocycles. The van der Waals surface area contributed by atoms with Crippen LogP contribution in [0.5, 0.6) is 0 Å². The molecule has 2 aromatic rings. The Balaban J connectivity index is 2.78. The van der Waals surface area contributed by atoms with E-state index in [0.717, 1.165) is 16.7 Å². The summed E-state index contributed by atoms with van der Waals surface area (Å²) in [5.41, 5.74) is 3.38. The Bertz CT molecular complexity index is 525. The molecule has 0 aliphatic heterocycles. The Hall–Kier alpha value is -1.39. The van der Waals surface area contributed by atoms with Gasteiger partial charge in [0.05, 0.1) is 15.9 Å². The van der Waals surface area contributed by atoms with E-state index in [-0.39, 0.29) is 5.92 Å². The number of fused-ring (bicyclic) bond motifs is 1. The molecule has 5 heteroatoms. The number of rotatable bonds is 2. The molecule has 0 spiro atoms. The molecule has 1 aromatic carbocycles. The zero-order valence-electron chi connectivity index (χ0n) is 9.16. The molecule has 16 heavy (non-hydrogen) atoms. The average Bonchev–Trinajstić information content (AvgIpc) is 2.27. The maximum atomic E-state index is 6.10. The van der Waals surface area contributed by atoms with Crippen LogP contribution < -0.4 is 11.3 Å². The van der Waals surface area contributed by atoms with Gasteiger partial charge in [-0.15, -0.1) is 0 Å². The number of hydrogen-bond donors (Lipinski definition) is 2. The Morgan fingerprint density at radius 2 is 2.06 bits per heavy atom. The highest BCUT2D eigenvalue weighted by Crippen LogP contribution is 2.28. The fraction of sp³-hybridized carbons (Fsp3) is 0.273. The van der Waals surface area contributed by atoms with Crippen LogP contribution >= 0.6 is 11.6 Å². The van der Waals surface area contributed by atoms with Gasteiger partial charge in [-0.25, -0.2) is 15.8 Å². The van der Waals surface area contributed by atoms with Crippen molar-refractivity contribution < 1.29 is 0 Å². The minimum Gasteiger partial charge on any atom is -0.308 e. The van der Waals surface area contributed by atoms with E-state index >= 15 is 0 Å². The summed E-state index contributed by atoms with van der Waals surface area (Å²) in [7, 11) is 0. The van der Waals surface area contributed by atoms with E-state index in [1.807, 2.05) is 26.0 Å². The number of hydrazine groups is 1. The molecule has 4 nitrogen and oxygen atoms in total. The van der Waals surface area contributed by atoms with Gasteiger partial charge in [0.2, 0.25) is 0 Å². The molecule has 84 valence electrons. The normalized spacial score (nSPS) is 11.1. The van der Waals surface area contributed by atoms with Crippen LogP contribution in [0.25, 0.3) is 10.9 Å². The maximum Gasteiger partial charge on any atom is 0.153 e. The van der Waals surface area contributed by atoms with Crippen molar-refractivity contribution in [3.8, 4) is 0 Å². The fourth-order valence-corrected chi connectivity index (χ4v) is 1.78. The van der Waals surface area contributed by atoms with Gasteiger partial charge >= 0.3 is 0 Å². The van der Waals surface area contributed by atoms with E-state index in [2.05, 4.69) is 15.4 Å². The van der Waals surface area contributed by atoms with Crippen LogP contribution in [0.1, 0.15) is 25.6 Å². The van der Waals surface area contributed by atoms with Gasteiger partial charge in [-0.2, -0.15) is 0 Å². The largest absolute Gasteiger partial charge is 0.308 e. The molecule has 0 aliphatic rings. The lowest BCUT2D eigenvalue weighted by molar-refractivity contribution is 0.784. The molecule has 0 fully saturated rings. The number of nitrogens with one attached hydrogen (secondary N) is 1. The highest BCUT2D eigenvalue weighted by molar-refractivity contribution is 6.36. The van der Waals surface area contributed by atoms with Gasteiger partial charge in [0, 0.05) is 5.92 Å². The molecule has 0 atom stereocenters. The molecular weight excluding hydrogens is 224 g/mol. The van der Waals surface area contributed by atoms with Gasteiger partial charge in [0.15, 0.2) is 5.82 Å². The predicted octanol–water partition coefficient (Wildman–Crippen LogP) is 2.69. The molecule has 3 N–H and O–H groups in total. The summed E-state index contributed by atoms with van der Waals surface area (Å²) in [5, 5.41) is 1.36. The molecular formula is C11H13ClN4. The highest BCUT2D eigenvalue weighted by Gasteiger charge is 2.11. The van der Waals surface area contributed by atoms with Gasteiger partial charge < -0.3 is 5.43 Å². The zero-order valence-corrected chi connectivity index (χ0v) is 9.92. The Morgan fingerprint density at radius 1 is 1.31 bits per heavy atom. The predicted molar refractivity (Wildman–Crippen MR) is 66.4 cm³/mol. The van der Waals surface area contributed by atoms with Crippen molar-refractivity contribution in [2.75, 3.05) is 5.43 Å². The van der Waals surface area contributed by atoms with Crippen molar-refractivity contribution in [3.63, 3.8) is 0 Å². The number of aromatic nitrogens is 2. The number of nitrogen functional groups attached to an aromatic ring is 1. The number of halogens is 1. The topological polar surface area (TPSA) is 63.8 Å². The van der Waals surface area contributed by atoms with Gasteiger partial charge in [0.1, 0.15) is 5.82 Å². The number of benzene rings is 1. The van der Waals surface area contributed by atoms with Crippen molar-refractivity contribution in [1.82, 2.24) is 9.97 Å². The minimum atomic E-state index is 0.246. The molecule has 0 radical (unpaired) electrons. The van der Waals surface area contributed by atoms with Crippen LogP contribution in [0.15, 0.2) is 18.2 Å². The van der Waals surface area contributed by atoms with Gasteiger partial charge in [-0.3, -0.25) is 0 Å².